The van der Waals surface area contributed by atoms with E-state index in [4.69, 9.17) is 4.98 Å². The molecule has 5 heterocycles. The van der Waals surface area contributed by atoms with Crippen molar-refractivity contribution < 1.29 is 0 Å². The van der Waals surface area contributed by atoms with Crippen molar-refractivity contribution in [3.8, 4) is 5.69 Å². The summed E-state index contributed by atoms with van der Waals surface area (Å²) >= 11 is 1.94. The number of anilines is 3. The lowest BCUT2D eigenvalue weighted by atomic mass is 9.36. The van der Waals surface area contributed by atoms with Crippen LogP contribution in [0.5, 0.6) is 0 Å². The van der Waals surface area contributed by atoms with Crippen molar-refractivity contribution in [2.45, 2.75) is 0 Å². The lowest BCUT2D eigenvalue weighted by molar-refractivity contribution is 1.14. The zero-order valence-electron chi connectivity index (χ0n) is 19.2. The van der Waals surface area contributed by atoms with Crippen LogP contribution < -0.4 is 20.6 Å². The van der Waals surface area contributed by atoms with Crippen LogP contribution in [0, 0.1) is 0 Å². The Bertz CT molecular complexity index is 2020. The lowest BCUT2D eigenvalue weighted by Gasteiger charge is -2.38. The third-order valence-corrected chi connectivity index (χ3v) is 9.04. The van der Waals surface area contributed by atoms with Crippen LogP contribution in [-0.4, -0.2) is 16.3 Å². The van der Waals surface area contributed by atoms with Crippen molar-refractivity contribution in [1.82, 2.24) is 9.55 Å². The average Bonchev–Trinajstić information content (AvgIpc) is 3.49. The Morgan fingerprint density at radius 2 is 1.44 bits per heavy atom. The fraction of sp³-hybridized carbons (Fsp3) is 0. The molecule has 5 heteroatoms. The molecule has 3 nitrogen and oxygen atoms in total. The quantitative estimate of drug-likeness (QED) is 0.271. The van der Waals surface area contributed by atoms with E-state index in [1.54, 1.807) is 0 Å². The van der Waals surface area contributed by atoms with E-state index in [1.165, 1.54) is 64.8 Å². The Morgan fingerprint density at radius 3 is 2.39 bits per heavy atom. The maximum Gasteiger partial charge on any atom is 0.264 e. The molecule has 0 spiro atoms. The predicted octanol–water partition coefficient (Wildman–Crippen LogP) is 6.01. The lowest BCUT2D eigenvalue weighted by Crippen LogP contribution is -2.59. The van der Waals surface area contributed by atoms with Crippen LogP contribution in [0.1, 0.15) is 0 Å². The summed E-state index contributed by atoms with van der Waals surface area (Å²) in [6.45, 7) is 0.184. The standard InChI is InChI=1S/C31H18BN3S/c1-2-9-19(10-3-1)34-24-15-7-16-25-27(24)32(30-29(34)22-11-4-5-17-26(22)36-30)23-14-6-12-20-21-13-8-18-33-31(21)35(25)28(20)23/h1-18H. The minimum atomic E-state index is 0.184. The zero-order chi connectivity index (χ0) is 23.4. The highest BCUT2D eigenvalue weighted by Gasteiger charge is 2.43. The van der Waals surface area contributed by atoms with Gasteiger partial charge in [-0.25, -0.2) is 4.98 Å². The molecule has 0 radical (unpaired) electrons. The molecule has 3 aromatic heterocycles. The van der Waals surface area contributed by atoms with Crippen LogP contribution >= 0.6 is 11.3 Å². The molecule has 0 saturated carbocycles. The van der Waals surface area contributed by atoms with Gasteiger partial charge in [-0.2, -0.15) is 0 Å². The van der Waals surface area contributed by atoms with Crippen molar-refractivity contribution in [2.75, 3.05) is 4.90 Å². The van der Waals surface area contributed by atoms with E-state index in [2.05, 4.69) is 107 Å². The maximum absolute atomic E-state index is 4.87. The molecule has 36 heavy (non-hydrogen) atoms. The minimum absolute atomic E-state index is 0.184. The Kier molecular flexibility index (Phi) is 3.50. The summed E-state index contributed by atoms with van der Waals surface area (Å²) < 4.78 is 5.14. The van der Waals surface area contributed by atoms with Gasteiger partial charge in [-0.15, -0.1) is 11.3 Å². The number of rotatable bonds is 1. The van der Waals surface area contributed by atoms with Crippen molar-refractivity contribution in [1.29, 1.82) is 0 Å². The molecule has 0 saturated heterocycles. The molecule has 2 aliphatic heterocycles. The molecular formula is C31H18BN3S. The molecule has 166 valence electrons. The van der Waals surface area contributed by atoms with E-state index in [-0.39, 0.29) is 6.71 Å². The van der Waals surface area contributed by atoms with Crippen LogP contribution in [-0.2, 0) is 0 Å². The molecule has 9 rings (SSSR count). The van der Waals surface area contributed by atoms with E-state index < -0.39 is 0 Å². The minimum Gasteiger partial charge on any atom is -0.310 e. The second-order valence-corrected chi connectivity index (χ2v) is 10.7. The largest absolute Gasteiger partial charge is 0.310 e. The molecule has 0 aliphatic carbocycles. The summed E-state index contributed by atoms with van der Waals surface area (Å²) in [5, 5.41) is 3.80. The first-order chi connectivity index (χ1) is 17.9. The molecule has 7 aromatic rings. The fourth-order valence-electron chi connectivity index (χ4n) is 6.48. The molecule has 0 N–H and O–H groups in total. The van der Waals surface area contributed by atoms with Crippen LogP contribution in [0.3, 0.4) is 0 Å². The fourth-order valence-corrected chi connectivity index (χ4v) is 7.80. The monoisotopic (exact) mass is 475 g/mol. The number of hydrogen-bond donors (Lipinski definition) is 0. The zero-order valence-corrected chi connectivity index (χ0v) is 20.0. The molecule has 0 atom stereocenters. The number of aromatic nitrogens is 2. The molecule has 4 aromatic carbocycles. The van der Waals surface area contributed by atoms with E-state index in [0.717, 1.165) is 5.65 Å². The summed E-state index contributed by atoms with van der Waals surface area (Å²) in [6.07, 6.45) is 1.91. The number of hydrogen-bond acceptors (Lipinski definition) is 3. The van der Waals surface area contributed by atoms with Gasteiger partial charge >= 0.3 is 0 Å². The van der Waals surface area contributed by atoms with Gasteiger partial charge in [0, 0.05) is 48.9 Å². The Balaban J connectivity index is 1.51. The van der Waals surface area contributed by atoms with Crippen LogP contribution in [0.25, 0.3) is 37.7 Å². The van der Waals surface area contributed by atoms with Gasteiger partial charge in [0.25, 0.3) is 6.71 Å². The highest BCUT2D eigenvalue weighted by Crippen LogP contribution is 2.45. The molecule has 2 aliphatic rings. The Hall–Kier alpha value is -4.35. The summed E-state index contributed by atoms with van der Waals surface area (Å²) in [7, 11) is 0. The van der Waals surface area contributed by atoms with Gasteiger partial charge < -0.3 is 4.90 Å². The summed E-state index contributed by atoms with van der Waals surface area (Å²) in [4.78, 5) is 7.35. The number of pyridine rings is 1. The van der Waals surface area contributed by atoms with Crippen molar-refractivity contribution in [3.63, 3.8) is 0 Å². The second kappa shape index (κ2) is 6.65. The molecule has 0 fully saturated rings. The summed E-state index contributed by atoms with van der Waals surface area (Å²) in [5.74, 6) is 0. The topological polar surface area (TPSA) is 21.1 Å². The van der Waals surface area contributed by atoms with E-state index in [1.807, 2.05) is 23.6 Å². The highest BCUT2D eigenvalue weighted by molar-refractivity contribution is 7.33. The normalized spacial score (nSPS) is 13.4. The van der Waals surface area contributed by atoms with E-state index >= 15 is 0 Å². The van der Waals surface area contributed by atoms with Crippen LogP contribution in [0.4, 0.5) is 17.1 Å². The van der Waals surface area contributed by atoms with Gasteiger partial charge in [-0.1, -0.05) is 60.7 Å². The van der Waals surface area contributed by atoms with Gasteiger partial charge in [0.2, 0.25) is 0 Å². The van der Waals surface area contributed by atoms with Crippen molar-refractivity contribution in [2.24, 2.45) is 0 Å². The number of thiophene rings is 1. The number of nitrogens with zero attached hydrogens (tertiary/aromatic N) is 3. The van der Waals surface area contributed by atoms with Crippen molar-refractivity contribution >= 4 is 82.8 Å². The molecule has 0 amide bonds. The SMILES string of the molecule is c1ccc(N2c3cccc4c3B(c3sc5ccccc5c32)c2cccc3c5cccnc5n-4c23)cc1. The third-order valence-electron chi connectivity index (χ3n) is 7.82. The van der Waals surface area contributed by atoms with Gasteiger partial charge in [0.1, 0.15) is 5.65 Å². The third kappa shape index (κ3) is 2.18. The Morgan fingerprint density at radius 1 is 0.667 bits per heavy atom. The second-order valence-electron chi connectivity index (χ2n) is 9.58. The predicted molar refractivity (Wildman–Crippen MR) is 153 cm³/mol. The summed E-state index contributed by atoms with van der Waals surface area (Å²) in [6, 6.07) is 37.5. The van der Waals surface area contributed by atoms with Crippen LogP contribution in [0.2, 0.25) is 0 Å². The molecule has 0 bridgehead atoms. The Labute approximate surface area is 211 Å². The first-order valence-electron chi connectivity index (χ1n) is 12.3. The maximum atomic E-state index is 4.87. The van der Waals surface area contributed by atoms with Gasteiger partial charge in [-0.3, -0.25) is 4.57 Å². The summed E-state index contributed by atoms with van der Waals surface area (Å²) in [5.41, 5.74) is 10.0. The first-order valence-corrected chi connectivity index (χ1v) is 13.1. The molecule has 0 unspecified atom stereocenters. The number of para-hydroxylation sites is 2. The highest BCUT2D eigenvalue weighted by atomic mass is 32.1. The number of benzene rings is 4. The molecular weight excluding hydrogens is 457 g/mol. The van der Waals surface area contributed by atoms with Crippen LogP contribution in [0.15, 0.2) is 109 Å². The average molecular weight is 475 g/mol. The van der Waals surface area contributed by atoms with Crippen molar-refractivity contribution in [3.05, 3.63) is 109 Å². The van der Waals surface area contributed by atoms with Gasteiger partial charge in [0.15, 0.2) is 0 Å². The van der Waals surface area contributed by atoms with E-state index in [9.17, 15) is 0 Å². The first kappa shape index (κ1) is 18.9. The van der Waals surface area contributed by atoms with E-state index in [0.29, 0.717) is 0 Å². The smallest absolute Gasteiger partial charge is 0.264 e. The number of fused-ring (bicyclic) bond motifs is 9. The van der Waals surface area contributed by atoms with Gasteiger partial charge in [0.05, 0.1) is 11.2 Å². The van der Waals surface area contributed by atoms with Gasteiger partial charge in [-0.05, 0) is 53.4 Å².